The van der Waals surface area contributed by atoms with Gasteiger partial charge in [0.25, 0.3) is 0 Å². The topological polar surface area (TPSA) is 28.2 Å². The molecule has 0 spiro atoms. The summed E-state index contributed by atoms with van der Waals surface area (Å²) in [5, 5.41) is 3.67. The molecule has 2 atom stereocenters. The monoisotopic (exact) mass is 247 g/mol. The van der Waals surface area contributed by atoms with Crippen molar-refractivity contribution in [3.05, 3.63) is 30.1 Å². The Balaban J connectivity index is 1.81. The highest BCUT2D eigenvalue weighted by Crippen LogP contribution is 2.18. The van der Waals surface area contributed by atoms with Gasteiger partial charge in [-0.25, -0.2) is 0 Å². The van der Waals surface area contributed by atoms with Crippen molar-refractivity contribution in [1.82, 2.24) is 15.2 Å². The Labute approximate surface area is 111 Å². The maximum absolute atomic E-state index is 4.19. The van der Waals surface area contributed by atoms with E-state index < -0.39 is 0 Å². The van der Waals surface area contributed by atoms with Crippen molar-refractivity contribution in [2.75, 3.05) is 19.6 Å². The molecule has 1 N–H and O–H groups in total. The van der Waals surface area contributed by atoms with Gasteiger partial charge in [0.2, 0.25) is 0 Å². The lowest BCUT2D eigenvalue weighted by Crippen LogP contribution is -2.48. The highest BCUT2D eigenvalue weighted by molar-refractivity contribution is 5.08. The van der Waals surface area contributed by atoms with Gasteiger partial charge in [0.15, 0.2) is 0 Å². The van der Waals surface area contributed by atoms with Gasteiger partial charge in [-0.15, -0.1) is 0 Å². The van der Waals surface area contributed by atoms with Crippen molar-refractivity contribution >= 4 is 0 Å². The Morgan fingerprint density at radius 1 is 1.50 bits per heavy atom. The first kappa shape index (κ1) is 13.5. The number of hydrogen-bond acceptors (Lipinski definition) is 3. The van der Waals surface area contributed by atoms with Crippen LogP contribution in [0.5, 0.6) is 0 Å². The summed E-state index contributed by atoms with van der Waals surface area (Å²) in [5.41, 5.74) is 1.32. The molecule has 0 saturated carbocycles. The Hall–Kier alpha value is -0.930. The quantitative estimate of drug-likeness (QED) is 0.865. The predicted octanol–water partition coefficient (Wildman–Crippen LogP) is 2.29. The Bertz CT molecular complexity index is 339. The highest BCUT2D eigenvalue weighted by Gasteiger charge is 2.25. The first-order chi connectivity index (χ1) is 8.79. The number of aromatic nitrogens is 1. The molecule has 0 aliphatic carbocycles. The molecule has 0 radical (unpaired) electrons. The third kappa shape index (κ3) is 3.79. The van der Waals surface area contributed by atoms with Crippen LogP contribution in [-0.4, -0.2) is 35.6 Å². The molecule has 1 aromatic rings. The van der Waals surface area contributed by atoms with E-state index in [1.807, 2.05) is 18.5 Å². The SMILES string of the molecule is CCCNC1CCN(Cc2cccnc2)CC1C. The molecule has 18 heavy (non-hydrogen) atoms. The molecule has 1 saturated heterocycles. The number of nitrogens with one attached hydrogen (secondary N) is 1. The lowest BCUT2D eigenvalue weighted by molar-refractivity contribution is 0.141. The van der Waals surface area contributed by atoms with E-state index in [4.69, 9.17) is 0 Å². The van der Waals surface area contributed by atoms with E-state index in [2.05, 4.69) is 35.1 Å². The van der Waals surface area contributed by atoms with Crippen molar-refractivity contribution in [3.8, 4) is 0 Å². The summed E-state index contributed by atoms with van der Waals surface area (Å²) < 4.78 is 0. The second kappa shape index (κ2) is 6.86. The van der Waals surface area contributed by atoms with Crippen LogP contribution >= 0.6 is 0 Å². The van der Waals surface area contributed by atoms with Crippen molar-refractivity contribution in [2.45, 2.75) is 39.3 Å². The summed E-state index contributed by atoms with van der Waals surface area (Å²) in [4.78, 5) is 6.73. The fourth-order valence-electron chi connectivity index (χ4n) is 2.76. The molecule has 1 aromatic heterocycles. The fourth-order valence-corrected chi connectivity index (χ4v) is 2.76. The van der Waals surface area contributed by atoms with Crippen LogP contribution in [0.15, 0.2) is 24.5 Å². The summed E-state index contributed by atoms with van der Waals surface area (Å²) in [6.07, 6.45) is 6.31. The second-order valence-corrected chi connectivity index (χ2v) is 5.42. The van der Waals surface area contributed by atoms with Crippen LogP contribution in [0.1, 0.15) is 32.3 Å². The van der Waals surface area contributed by atoms with Crippen LogP contribution in [0, 0.1) is 5.92 Å². The van der Waals surface area contributed by atoms with Gasteiger partial charge in [0, 0.05) is 31.5 Å². The smallest absolute Gasteiger partial charge is 0.0312 e. The zero-order valence-corrected chi connectivity index (χ0v) is 11.6. The Morgan fingerprint density at radius 2 is 2.39 bits per heavy atom. The summed E-state index contributed by atoms with van der Waals surface area (Å²) in [7, 11) is 0. The number of pyridine rings is 1. The van der Waals surface area contributed by atoms with E-state index >= 15 is 0 Å². The van der Waals surface area contributed by atoms with E-state index in [0.717, 1.165) is 19.0 Å². The van der Waals surface area contributed by atoms with Crippen molar-refractivity contribution in [2.24, 2.45) is 5.92 Å². The van der Waals surface area contributed by atoms with E-state index in [9.17, 15) is 0 Å². The molecule has 1 aliphatic heterocycles. The van der Waals surface area contributed by atoms with Crippen LogP contribution in [0.2, 0.25) is 0 Å². The summed E-state index contributed by atoms with van der Waals surface area (Å²) in [6, 6.07) is 4.89. The average Bonchev–Trinajstić information content (AvgIpc) is 2.39. The number of piperidine rings is 1. The highest BCUT2D eigenvalue weighted by atomic mass is 15.1. The van der Waals surface area contributed by atoms with E-state index in [0.29, 0.717) is 6.04 Å². The van der Waals surface area contributed by atoms with Crippen LogP contribution in [0.4, 0.5) is 0 Å². The largest absolute Gasteiger partial charge is 0.314 e. The molecule has 2 rings (SSSR count). The zero-order chi connectivity index (χ0) is 12.8. The molecule has 0 amide bonds. The number of rotatable bonds is 5. The third-order valence-electron chi connectivity index (χ3n) is 3.77. The summed E-state index contributed by atoms with van der Waals surface area (Å²) >= 11 is 0. The predicted molar refractivity (Wildman–Crippen MR) is 75.4 cm³/mol. The molecule has 100 valence electrons. The van der Waals surface area contributed by atoms with Crippen molar-refractivity contribution < 1.29 is 0 Å². The third-order valence-corrected chi connectivity index (χ3v) is 3.77. The van der Waals surface area contributed by atoms with Gasteiger partial charge < -0.3 is 5.32 Å². The maximum atomic E-state index is 4.19. The molecular weight excluding hydrogens is 222 g/mol. The van der Waals surface area contributed by atoms with E-state index in [1.54, 1.807) is 0 Å². The van der Waals surface area contributed by atoms with Crippen molar-refractivity contribution in [1.29, 1.82) is 0 Å². The minimum Gasteiger partial charge on any atom is -0.314 e. The molecule has 1 aliphatic rings. The fraction of sp³-hybridized carbons (Fsp3) is 0.667. The van der Waals surface area contributed by atoms with Crippen LogP contribution < -0.4 is 5.32 Å². The van der Waals surface area contributed by atoms with E-state index in [1.165, 1.54) is 31.5 Å². The van der Waals surface area contributed by atoms with E-state index in [-0.39, 0.29) is 0 Å². The van der Waals surface area contributed by atoms with Crippen LogP contribution in [0.3, 0.4) is 0 Å². The van der Waals surface area contributed by atoms with Crippen LogP contribution in [-0.2, 0) is 6.54 Å². The number of nitrogens with zero attached hydrogens (tertiary/aromatic N) is 2. The molecule has 1 fully saturated rings. The van der Waals surface area contributed by atoms with Gasteiger partial charge in [-0.05, 0) is 43.5 Å². The second-order valence-electron chi connectivity index (χ2n) is 5.42. The zero-order valence-electron chi connectivity index (χ0n) is 11.6. The van der Waals surface area contributed by atoms with Gasteiger partial charge in [-0.2, -0.15) is 0 Å². The number of hydrogen-bond donors (Lipinski definition) is 1. The Morgan fingerprint density at radius 3 is 3.06 bits per heavy atom. The Kier molecular flexibility index (Phi) is 5.14. The first-order valence-corrected chi connectivity index (χ1v) is 7.14. The molecule has 0 bridgehead atoms. The summed E-state index contributed by atoms with van der Waals surface area (Å²) in [5.74, 6) is 0.738. The lowest BCUT2D eigenvalue weighted by Gasteiger charge is -2.37. The minimum atomic E-state index is 0.704. The van der Waals surface area contributed by atoms with Gasteiger partial charge in [0.05, 0.1) is 0 Å². The van der Waals surface area contributed by atoms with Gasteiger partial charge in [-0.1, -0.05) is 19.9 Å². The molecule has 2 unspecified atom stereocenters. The lowest BCUT2D eigenvalue weighted by atomic mass is 9.93. The molecule has 2 heterocycles. The standard InChI is InChI=1S/C15H25N3/c1-3-7-17-15-6-9-18(11-13(15)2)12-14-5-4-8-16-10-14/h4-5,8,10,13,15,17H,3,6-7,9,11-12H2,1-2H3. The number of likely N-dealkylation sites (tertiary alicyclic amines) is 1. The van der Waals surface area contributed by atoms with Gasteiger partial charge in [0.1, 0.15) is 0 Å². The van der Waals surface area contributed by atoms with Crippen LogP contribution in [0.25, 0.3) is 0 Å². The van der Waals surface area contributed by atoms with Gasteiger partial charge in [-0.3, -0.25) is 9.88 Å². The molecule has 3 heteroatoms. The van der Waals surface area contributed by atoms with Gasteiger partial charge >= 0.3 is 0 Å². The molecule has 3 nitrogen and oxygen atoms in total. The molecule has 0 aromatic carbocycles. The minimum absolute atomic E-state index is 0.704. The first-order valence-electron chi connectivity index (χ1n) is 7.14. The summed E-state index contributed by atoms with van der Waals surface area (Å²) in [6.45, 7) is 9.17. The average molecular weight is 247 g/mol. The molecular formula is C15H25N3. The normalized spacial score (nSPS) is 25.2. The maximum Gasteiger partial charge on any atom is 0.0312 e. The van der Waals surface area contributed by atoms with Crippen molar-refractivity contribution in [3.63, 3.8) is 0 Å².